The van der Waals surface area contributed by atoms with Gasteiger partial charge in [-0.2, -0.15) is 0 Å². The summed E-state index contributed by atoms with van der Waals surface area (Å²) >= 11 is 0. The van der Waals surface area contributed by atoms with Crippen molar-refractivity contribution in [1.29, 1.82) is 0 Å². The van der Waals surface area contributed by atoms with Gasteiger partial charge in [-0.3, -0.25) is 0 Å². The average Bonchev–Trinajstić information content (AvgIpc) is 1.50. The standard InChI is InChI=1S/2CH2O.H2O/c2*1-2;/h2*1H2;1H2. The summed E-state index contributed by atoms with van der Waals surface area (Å²) in [6, 6.07) is 0. The molecule has 2 N–H and O–H groups in total. The van der Waals surface area contributed by atoms with Gasteiger partial charge in [-0.1, -0.05) is 0 Å². The molecule has 0 aromatic heterocycles. The molecular formula is C2H6O3. The number of carbonyl (C=O) groups excluding carboxylic acids is 2. The van der Waals surface area contributed by atoms with Crippen molar-refractivity contribution in [3.05, 3.63) is 0 Å². The van der Waals surface area contributed by atoms with E-state index in [0.29, 0.717) is 0 Å². The van der Waals surface area contributed by atoms with Crippen LogP contribution in [0.3, 0.4) is 0 Å². The Morgan fingerprint density at radius 3 is 0.800 bits per heavy atom. The van der Waals surface area contributed by atoms with E-state index in [1.54, 1.807) is 0 Å². The van der Waals surface area contributed by atoms with Gasteiger partial charge in [-0.05, 0) is 0 Å². The monoisotopic (exact) mass is 78.0 g/mol. The Labute approximate surface area is 29.9 Å². The van der Waals surface area contributed by atoms with Crippen molar-refractivity contribution in [3.8, 4) is 0 Å². The highest BCUT2D eigenvalue weighted by atomic mass is 16.1. The lowest BCUT2D eigenvalue weighted by Gasteiger charge is -0.837. The number of carbonyl (C=O) groups is 2. The molecule has 0 saturated heterocycles. The van der Waals surface area contributed by atoms with Gasteiger partial charge in [-0.15, -0.1) is 0 Å². The maximum absolute atomic E-state index is 8.00. The maximum atomic E-state index is 8.00. The van der Waals surface area contributed by atoms with Crippen LogP contribution in [0.1, 0.15) is 0 Å². The highest BCUT2D eigenvalue weighted by molar-refractivity contribution is 5.11. The number of rotatable bonds is 0. The Hall–Kier alpha value is -0.700. The van der Waals surface area contributed by atoms with Crippen LogP contribution in [0.15, 0.2) is 0 Å². The zero-order valence-electron chi connectivity index (χ0n) is 2.73. The van der Waals surface area contributed by atoms with E-state index in [9.17, 15) is 0 Å². The number of hydrogen-bond acceptors (Lipinski definition) is 2. The summed E-state index contributed by atoms with van der Waals surface area (Å²) < 4.78 is 0. The van der Waals surface area contributed by atoms with Gasteiger partial charge in [0.05, 0.1) is 0 Å². The predicted octanol–water partition coefficient (Wildman–Crippen LogP) is -1.19. The van der Waals surface area contributed by atoms with Crippen molar-refractivity contribution in [2.75, 3.05) is 0 Å². The third-order valence-electron chi connectivity index (χ3n) is 0. The van der Waals surface area contributed by atoms with Crippen molar-refractivity contribution in [3.63, 3.8) is 0 Å². The molecule has 0 unspecified atom stereocenters. The molecule has 0 atom stereocenters. The van der Waals surface area contributed by atoms with E-state index in [1.807, 2.05) is 13.6 Å². The molecule has 3 heteroatoms. The SMILES string of the molecule is C=O.C=O.O. The van der Waals surface area contributed by atoms with E-state index in [4.69, 9.17) is 9.59 Å². The average molecular weight is 78.1 g/mol. The minimum absolute atomic E-state index is 0. The highest BCUT2D eigenvalue weighted by Crippen LogP contribution is 0.496. The molecule has 5 heavy (non-hydrogen) atoms. The molecular weight excluding hydrogens is 72.0 g/mol. The molecule has 0 radical (unpaired) electrons. The van der Waals surface area contributed by atoms with E-state index >= 15 is 0 Å². The first-order valence-corrected chi connectivity index (χ1v) is 0.577. The fourth-order valence-corrected chi connectivity index (χ4v) is 0. The lowest BCUT2D eigenvalue weighted by Crippen LogP contribution is -0.925. The normalized spacial score (nSPS) is 1.60. The first-order valence-electron chi connectivity index (χ1n) is 0.577. The summed E-state index contributed by atoms with van der Waals surface area (Å²) in [4.78, 5) is 16.0. The summed E-state index contributed by atoms with van der Waals surface area (Å²) in [7, 11) is 0. The molecule has 0 amide bonds. The lowest BCUT2D eigenvalue weighted by atomic mass is 11.9. The Morgan fingerprint density at radius 2 is 0.800 bits per heavy atom. The quantitative estimate of drug-likeness (QED) is 0.365. The van der Waals surface area contributed by atoms with Crippen LogP contribution in [0.4, 0.5) is 0 Å². The predicted molar refractivity (Wildman–Crippen MR) is 17.9 cm³/mol. The van der Waals surface area contributed by atoms with Crippen molar-refractivity contribution in [1.82, 2.24) is 0 Å². The zero-order valence-corrected chi connectivity index (χ0v) is 2.73. The highest BCUT2D eigenvalue weighted by Gasteiger charge is 0.638. The zero-order chi connectivity index (χ0) is 4.00. The molecule has 0 spiro atoms. The van der Waals surface area contributed by atoms with Crippen LogP contribution in [-0.2, 0) is 9.59 Å². The van der Waals surface area contributed by atoms with Gasteiger partial charge in [0.15, 0.2) is 0 Å². The molecule has 0 rings (SSSR count). The minimum atomic E-state index is 0. The summed E-state index contributed by atoms with van der Waals surface area (Å²) in [5, 5.41) is 0. The van der Waals surface area contributed by atoms with Crippen molar-refractivity contribution in [2.24, 2.45) is 0 Å². The molecule has 0 aliphatic heterocycles. The summed E-state index contributed by atoms with van der Waals surface area (Å²) in [5.41, 5.74) is 0. The van der Waals surface area contributed by atoms with Gasteiger partial charge in [0.2, 0.25) is 0 Å². The smallest absolute Gasteiger partial charge is 0.106 e. The molecule has 0 aromatic carbocycles. The van der Waals surface area contributed by atoms with Gasteiger partial charge in [0.25, 0.3) is 0 Å². The van der Waals surface area contributed by atoms with Crippen LogP contribution in [0.25, 0.3) is 0 Å². The van der Waals surface area contributed by atoms with Crippen LogP contribution in [0.2, 0.25) is 0 Å². The van der Waals surface area contributed by atoms with Gasteiger partial charge in [-0.25, -0.2) is 0 Å². The Morgan fingerprint density at radius 1 is 0.800 bits per heavy atom. The second-order valence-electron chi connectivity index (χ2n) is 0. The van der Waals surface area contributed by atoms with Gasteiger partial charge >= 0.3 is 0 Å². The molecule has 0 aliphatic carbocycles. The fraction of sp³-hybridized carbons (Fsp3) is 0. The Bertz CT molecular complexity index is 6.85. The van der Waals surface area contributed by atoms with E-state index in [1.165, 1.54) is 0 Å². The maximum Gasteiger partial charge on any atom is 0.106 e. The van der Waals surface area contributed by atoms with Crippen molar-refractivity contribution >= 4 is 13.6 Å². The van der Waals surface area contributed by atoms with Crippen LogP contribution in [0, 0.1) is 0 Å². The molecule has 3 nitrogen and oxygen atoms in total. The van der Waals surface area contributed by atoms with Gasteiger partial charge in [0.1, 0.15) is 13.6 Å². The van der Waals surface area contributed by atoms with Crippen molar-refractivity contribution < 1.29 is 15.1 Å². The molecule has 0 saturated carbocycles. The third-order valence-corrected chi connectivity index (χ3v) is 0. The minimum Gasteiger partial charge on any atom is -0.412 e. The molecule has 32 valence electrons. The van der Waals surface area contributed by atoms with Crippen LogP contribution < -0.4 is 0 Å². The molecule has 0 aromatic rings. The third kappa shape index (κ3) is 11.4. The fourth-order valence-electron chi connectivity index (χ4n) is 0. The van der Waals surface area contributed by atoms with Crippen LogP contribution in [0.5, 0.6) is 0 Å². The van der Waals surface area contributed by atoms with Crippen LogP contribution in [-0.4, -0.2) is 19.1 Å². The summed E-state index contributed by atoms with van der Waals surface area (Å²) in [6.45, 7) is 4.00. The van der Waals surface area contributed by atoms with Crippen molar-refractivity contribution in [2.45, 2.75) is 0 Å². The van der Waals surface area contributed by atoms with E-state index in [0.717, 1.165) is 0 Å². The number of hydrogen-bond donors (Lipinski definition) is 0. The molecule has 0 heterocycles. The van der Waals surface area contributed by atoms with Crippen LogP contribution >= 0.6 is 0 Å². The first kappa shape index (κ1) is 27.7. The van der Waals surface area contributed by atoms with E-state index in [2.05, 4.69) is 0 Å². The Kier molecular flexibility index (Phi) is 197. The summed E-state index contributed by atoms with van der Waals surface area (Å²) in [6.07, 6.45) is 0. The van der Waals surface area contributed by atoms with Gasteiger partial charge < -0.3 is 15.1 Å². The topological polar surface area (TPSA) is 65.6 Å². The Balaban J connectivity index is -0.0000000133. The van der Waals surface area contributed by atoms with E-state index in [-0.39, 0.29) is 5.48 Å². The molecule has 0 fully saturated rings. The van der Waals surface area contributed by atoms with E-state index < -0.39 is 0 Å². The first-order chi connectivity index (χ1) is 2.00. The second kappa shape index (κ2) is 35.6. The molecule has 0 bridgehead atoms. The largest absolute Gasteiger partial charge is 0.412 e. The lowest BCUT2D eigenvalue weighted by molar-refractivity contribution is -0.0987. The molecule has 0 aliphatic rings. The van der Waals surface area contributed by atoms with Gasteiger partial charge in [0, 0.05) is 0 Å². The second-order valence-corrected chi connectivity index (χ2v) is 0. The summed E-state index contributed by atoms with van der Waals surface area (Å²) in [5.74, 6) is 0.